The molecule has 0 aliphatic heterocycles. The first-order valence-corrected chi connectivity index (χ1v) is 6.17. The molecule has 17 heavy (non-hydrogen) atoms. The molecule has 2 aromatic rings. The molecule has 4 heteroatoms. The molecule has 0 aliphatic carbocycles. The number of aryl methyl sites for hydroxylation is 2. The summed E-state index contributed by atoms with van der Waals surface area (Å²) in [4.78, 5) is 0. The van der Waals surface area contributed by atoms with E-state index in [1.54, 1.807) is 10.9 Å². The van der Waals surface area contributed by atoms with Gasteiger partial charge < -0.3 is 0 Å². The molecule has 0 unspecified atom stereocenters. The minimum atomic E-state index is 0.689. The monoisotopic (exact) mass is 289 g/mol. The van der Waals surface area contributed by atoms with Crippen LogP contribution in [-0.2, 0) is 13.5 Å². The summed E-state index contributed by atoms with van der Waals surface area (Å²) in [6.45, 7) is 2.08. The number of hydrogen-bond acceptors (Lipinski definition) is 2. The second-order valence-corrected chi connectivity index (χ2v) is 4.66. The number of nitriles is 1. The number of benzene rings is 1. The van der Waals surface area contributed by atoms with Crippen LogP contribution in [0.3, 0.4) is 0 Å². The van der Waals surface area contributed by atoms with Gasteiger partial charge in [-0.1, -0.05) is 19.1 Å². The Morgan fingerprint density at radius 2 is 2.24 bits per heavy atom. The van der Waals surface area contributed by atoms with Gasteiger partial charge in [-0.05, 0) is 34.0 Å². The first kappa shape index (κ1) is 11.9. The van der Waals surface area contributed by atoms with Gasteiger partial charge in [0, 0.05) is 12.6 Å². The summed E-state index contributed by atoms with van der Waals surface area (Å²) < 4.78 is 2.67. The van der Waals surface area contributed by atoms with Crippen molar-refractivity contribution in [1.29, 1.82) is 5.26 Å². The third-order valence-electron chi connectivity index (χ3n) is 2.76. The van der Waals surface area contributed by atoms with Crippen molar-refractivity contribution < 1.29 is 0 Å². The van der Waals surface area contributed by atoms with Gasteiger partial charge >= 0.3 is 0 Å². The molecular weight excluding hydrogens is 278 g/mol. The van der Waals surface area contributed by atoms with Crippen molar-refractivity contribution in [3.05, 3.63) is 40.0 Å². The summed E-state index contributed by atoms with van der Waals surface area (Å²) >= 11 is 3.46. The maximum absolute atomic E-state index is 9.22. The smallest absolute Gasteiger partial charge is 0.0998 e. The Morgan fingerprint density at radius 3 is 2.76 bits per heavy atom. The van der Waals surface area contributed by atoms with Crippen LogP contribution < -0.4 is 0 Å². The maximum Gasteiger partial charge on any atom is 0.0998 e. The highest BCUT2D eigenvalue weighted by atomic mass is 79.9. The first-order valence-electron chi connectivity index (χ1n) is 5.38. The normalized spacial score (nSPS) is 10.2. The molecule has 3 nitrogen and oxygen atoms in total. The molecular formula is C13H12BrN3. The van der Waals surface area contributed by atoms with Crippen LogP contribution >= 0.6 is 15.9 Å². The van der Waals surface area contributed by atoms with Crippen LogP contribution in [0, 0.1) is 11.3 Å². The fourth-order valence-corrected chi connectivity index (χ4v) is 2.39. The Morgan fingerprint density at radius 1 is 1.47 bits per heavy atom. The third kappa shape index (κ3) is 2.11. The molecule has 0 saturated carbocycles. The predicted molar refractivity (Wildman–Crippen MR) is 70.4 cm³/mol. The van der Waals surface area contributed by atoms with Gasteiger partial charge in [-0.15, -0.1) is 0 Å². The van der Waals surface area contributed by atoms with Gasteiger partial charge in [-0.3, -0.25) is 4.68 Å². The summed E-state index contributed by atoms with van der Waals surface area (Å²) in [6.07, 6.45) is 2.67. The number of halogens is 1. The second kappa shape index (κ2) is 4.72. The van der Waals surface area contributed by atoms with Crippen molar-refractivity contribution in [3.63, 3.8) is 0 Å². The Balaban J connectivity index is 2.65. The highest BCUT2D eigenvalue weighted by Gasteiger charge is 2.13. The molecule has 1 heterocycles. The van der Waals surface area contributed by atoms with Gasteiger partial charge in [0.1, 0.15) is 0 Å². The molecule has 0 atom stereocenters. The Kier molecular flexibility index (Phi) is 3.30. The summed E-state index contributed by atoms with van der Waals surface area (Å²) in [5, 5.41) is 13.4. The summed E-state index contributed by atoms with van der Waals surface area (Å²) in [7, 11) is 1.87. The lowest BCUT2D eigenvalue weighted by atomic mass is 10.0. The molecule has 2 rings (SSSR count). The van der Waals surface area contributed by atoms with Gasteiger partial charge in [-0.2, -0.15) is 10.4 Å². The molecule has 1 aromatic heterocycles. The standard InChI is InChI=1S/C13H12BrN3/c1-3-9-4-5-11(10(6-9)7-15)13-12(14)8-16-17(13)2/h4-6,8H,3H2,1-2H3. The van der Waals surface area contributed by atoms with E-state index in [1.165, 1.54) is 5.56 Å². The molecule has 86 valence electrons. The summed E-state index contributed by atoms with van der Waals surface area (Å²) in [5.74, 6) is 0. The van der Waals surface area contributed by atoms with Gasteiger partial charge in [-0.25, -0.2) is 0 Å². The van der Waals surface area contributed by atoms with E-state index in [2.05, 4.69) is 40.1 Å². The van der Waals surface area contributed by atoms with E-state index in [0.717, 1.165) is 22.2 Å². The van der Waals surface area contributed by atoms with Gasteiger partial charge in [0.05, 0.1) is 28.0 Å². The fourth-order valence-electron chi connectivity index (χ4n) is 1.82. The van der Waals surface area contributed by atoms with E-state index in [4.69, 9.17) is 0 Å². The van der Waals surface area contributed by atoms with Gasteiger partial charge in [0.15, 0.2) is 0 Å². The Bertz CT molecular complexity index is 574. The largest absolute Gasteiger partial charge is 0.267 e. The molecule has 0 saturated heterocycles. The number of rotatable bonds is 2. The number of hydrogen-bond donors (Lipinski definition) is 0. The van der Waals surface area contributed by atoms with Crippen LogP contribution in [0.5, 0.6) is 0 Å². The molecule has 1 aromatic carbocycles. The van der Waals surface area contributed by atoms with E-state index < -0.39 is 0 Å². The van der Waals surface area contributed by atoms with Crippen molar-refractivity contribution in [3.8, 4) is 17.3 Å². The first-order chi connectivity index (χ1) is 8.17. The molecule has 0 aliphatic rings. The molecule has 0 fully saturated rings. The molecule has 0 spiro atoms. The predicted octanol–water partition coefficient (Wildman–Crippen LogP) is 3.28. The van der Waals surface area contributed by atoms with E-state index in [0.29, 0.717) is 5.56 Å². The third-order valence-corrected chi connectivity index (χ3v) is 3.34. The zero-order valence-corrected chi connectivity index (χ0v) is 11.3. The molecule has 0 bridgehead atoms. The summed E-state index contributed by atoms with van der Waals surface area (Å²) in [5.41, 5.74) is 3.71. The van der Waals surface area contributed by atoms with Crippen molar-refractivity contribution in [2.75, 3.05) is 0 Å². The lowest BCUT2D eigenvalue weighted by Gasteiger charge is -2.07. The number of nitrogens with zero attached hydrogens (tertiary/aromatic N) is 3. The van der Waals surface area contributed by atoms with Crippen molar-refractivity contribution in [2.24, 2.45) is 7.05 Å². The van der Waals surface area contributed by atoms with E-state index in [9.17, 15) is 5.26 Å². The van der Waals surface area contributed by atoms with Crippen LogP contribution in [0.25, 0.3) is 11.3 Å². The van der Waals surface area contributed by atoms with Crippen LogP contribution in [0.15, 0.2) is 28.9 Å². The quantitative estimate of drug-likeness (QED) is 0.851. The minimum Gasteiger partial charge on any atom is -0.267 e. The minimum absolute atomic E-state index is 0.689. The maximum atomic E-state index is 9.22. The summed E-state index contributed by atoms with van der Waals surface area (Å²) in [6, 6.07) is 8.23. The zero-order chi connectivity index (χ0) is 12.4. The van der Waals surface area contributed by atoms with E-state index in [1.807, 2.05) is 19.2 Å². The van der Waals surface area contributed by atoms with E-state index >= 15 is 0 Å². The van der Waals surface area contributed by atoms with Gasteiger partial charge in [0.25, 0.3) is 0 Å². The Hall–Kier alpha value is -1.60. The van der Waals surface area contributed by atoms with Crippen molar-refractivity contribution in [2.45, 2.75) is 13.3 Å². The molecule has 0 amide bonds. The van der Waals surface area contributed by atoms with Crippen LogP contribution in [-0.4, -0.2) is 9.78 Å². The van der Waals surface area contributed by atoms with Crippen LogP contribution in [0.4, 0.5) is 0 Å². The zero-order valence-electron chi connectivity index (χ0n) is 9.74. The fraction of sp³-hybridized carbons (Fsp3) is 0.231. The van der Waals surface area contributed by atoms with Crippen molar-refractivity contribution in [1.82, 2.24) is 9.78 Å². The molecule has 0 radical (unpaired) electrons. The SMILES string of the molecule is CCc1ccc(-c2c(Br)cnn2C)c(C#N)c1. The number of aromatic nitrogens is 2. The average molecular weight is 290 g/mol. The second-order valence-electron chi connectivity index (χ2n) is 3.81. The lowest BCUT2D eigenvalue weighted by molar-refractivity contribution is 0.775. The average Bonchev–Trinajstić information content (AvgIpc) is 2.68. The van der Waals surface area contributed by atoms with Crippen LogP contribution in [0.2, 0.25) is 0 Å². The highest BCUT2D eigenvalue weighted by Crippen LogP contribution is 2.30. The lowest BCUT2D eigenvalue weighted by Crippen LogP contribution is -1.96. The highest BCUT2D eigenvalue weighted by molar-refractivity contribution is 9.10. The molecule has 0 N–H and O–H groups in total. The Labute approximate surface area is 109 Å². The van der Waals surface area contributed by atoms with Crippen molar-refractivity contribution >= 4 is 15.9 Å². The van der Waals surface area contributed by atoms with Gasteiger partial charge in [0.2, 0.25) is 0 Å². The topological polar surface area (TPSA) is 41.6 Å². The van der Waals surface area contributed by atoms with Crippen LogP contribution in [0.1, 0.15) is 18.1 Å². The van der Waals surface area contributed by atoms with E-state index in [-0.39, 0.29) is 0 Å².